The summed E-state index contributed by atoms with van der Waals surface area (Å²) >= 11 is 0. The maximum atomic E-state index is 6.41. The van der Waals surface area contributed by atoms with Crippen molar-refractivity contribution in [2.24, 2.45) is 17.8 Å². The Hall–Kier alpha value is -2.40. The summed E-state index contributed by atoms with van der Waals surface area (Å²) in [5.74, 6) is 1.79. The van der Waals surface area contributed by atoms with E-state index in [2.05, 4.69) is 96.6 Å². The fraction of sp³-hybridized carbons (Fsp3) is 0.429. The fourth-order valence-corrected chi connectivity index (χ4v) is 5.05. The summed E-state index contributed by atoms with van der Waals surface area (Å²) in [7, 11) is 0. The van der Waals surface area contributed by atoms with Crippen LogP contribution in [0.15, 0.2) is 72.8 Å². The van der Waals surface area contributed by atoms with E-state index in [0.29, 0.717) is 30.4 Å². The molecule has 5 rings (SSSR count). The maximum Gasteiger partial charge on any atom is 0.174 e. The first-order valence-corrected chi connectivity index (χ1v) is 11.9. The van der Waals surface area contributed by atoms with Crippen LogP contribution in [0.3, 0.4) is 0 Å². The lowest BCUT2D eigenvalue weighted by atomic mass is 10.1. The molecule has 1 aliphatic carbocycles. The first kappa shape index (κ1) is 21.4. The van der Waals surface area contributed by atoms with Crippen LogP contribution in [0.1, 0.15) is 26.3 Å². The average molecular weight is 431 g/mol. The highest BCUT2D eigenvalue weighted by molar-refractivity contribution is 5.82. The topological polar surface area (TPSA) is 24.9 Å². The van der Waals surface area contributed by atoms with Gasteiger partial charge in [0.25, 0.3) is 0 Å². The van der Waals surface area contributed by atoms with Gasteiger partial charge >= 0.3 is 0 Å². The van der Waals surface area contributed by atoms with Crippen LogP contribution in [0.25, 0.3) is 10.8 Å². The Balaban J connectivity index is 1.29. The van der Waals surface area contributed by atoms with Crippen LogP contribution in [0.2, 0.25) is 0 Å². The predicted octanol–water partition coefficient (Wildman–Crippen LogP) is 5.73. The zero-order valence-electron chi connectivity index (χ0n) is 19.4. The van der Waals surface area contributed by atoms with Crippen molar-refractivity contribution in [1.82, 2.24) is 5.06 Å². The number of anilines is 1. The Kier molecular flexibility index (Phi) is 6.18. The average Bonchev–Trinajstić information content (AvgIpc) is 3.30. The van der Waals surface area contributed by atoms with Crippen molar-refractivity contribution in [1.29, 1.82) is 0 Å². The number of ether oxygens (including phenoxy) is 1. The molecule has 1 saturated carbocycles. The molecule has 0 radical (unpaired) electrons. The minimum Gasteiger partial charge on any atom is -0.371 e. The van der Waals surface area contributed by atoms with Crippen LogP contribution in [-0.4, -0.2) is 37.1 Å². The lowest BCUT2D eigenvalue weighted by Crippen LogP contribution is -2.37. The van der Waals surface area contributed by atoms with E-state index in [1.54, 1.807) is 0 Å². The number of benzene rings is 3. The zero-order valence-corrected chi connectivity index (χ0v) is 19.4. The number of hydrogen-bond donors (Lipinski definition) is 0. The van der Waals surface area contributed by atoms with Gasteiger partial charge in [-0.25, -0.2) is 0 Å². The van der Waals surface area contributed by atoms with Crippen molar-refractivity contribution in [3.8, 4) is 0 Å². The van der Waals surface area contributed by atoms with E-state index in [9.17, 15) is 0 Å². The second-order valence-corrected chi connectivity index (χ2v) is 9.72. The third-order valence-electron chi connectivity index (χ3n) is 6.70. The van der Waals surface area contributed by atoms with E-state index in [0.717, 1.165) is 19.6 Å². The number of para-hydroxylation sites is 1. The molecule has 2 aliphatic rings. The van der Waals surface area contributed by atoms with Crippen molar-refractivity contribution in [3.63, 3.8) is 0 Å². The monoisotopic (exact) mass is 430 g/mol. The lowest BCUT2D eigenvalue weighted by molar-refractivity contribution is -0.287. The molecular formula is C28H34N2O2. The summed E-state index contributed by atoms with van der Waals surface area (Å²) in [5, 5.41) is 4.77. The molecule has 1 heterocycles. The molecule has 3 unspecified atom stereocenters. The van der Waals surface area contributed by atoms with Crippen molar-refractivity contribution in [2.45, 2.75) is 39.6 Å². The van der Waals surface area contributed by atoms with Gasteiger partial charge in [0.15, 0.2) is 6.29 Å². The van der Waals surface area contributed by atoms with Crippen molar-refractivity contribution in [2.75, 3.05) is 24.6 Å². The molecule has 4 heteroatoms. The molecule has 1 aliphatic heterocycles. The third kappa shape index (κ3) is 4.68. The van der Waals surface area contributed by atoms with Gasteiger partial charge in [0.2, 0.25) is 0 Å². The van der Waals surface area contributed by atoms with E-state index in [1.807, 2.05) is 6.92 Å². The van der Waals surface area contributed by atoms with Gasteiger partial charge in [0, 0.05) is 43.2 Å². The second kappa shape index (κ2) is 9.22. The molecule has 0 amide bonds. The van der Waals surface area contributed by atoms with E-state index in [4.69, 9.17) is 9.57 Å². The van der Waals surface area contributed by atoms with E-state index in [1.165, 1.54) is 22.0 Å². The Morgan fingerprint density at radius 2 is 1.56 bits per heavy atom. The highest BCUT2D eigenvalue weighted by Crippen LogP contribution is 2.50. The standard InChI is InChI=1S/C28H34N2O2/c1-20(2)19-31-21(3)32-30(16-22-13-14-23-9-7-8-10-24(23)15-22)28-26-17-29(18-27(26)28)25-11-5-4-6-12-25/h4-15,20-21,26-28H,16-19H2,1-3H3. The lowest BCUT2D eigenvalue weighted by Gasteiger charge is -2.30. The molecule has 3 aromatic rings. The van der Waals surface area contributed by atoms with Crippen molar-refractivity contribution >= 4 is 16.5 Å². The van der Waals surface area contributed by atoms with Crippen molar-refractivity contribution in [3.05, 3.63) is 78.4 Å². The summed E-state index contributed by atoms with van der Waals surface area (Å²) in [6, 6.07) is 26.5. The third-order valence-corrected chi connectivity index (χ3v) is 6.70. The molecule has 168 valence electrons. The van der Waals surface area contributed by atoms with Crippen LogP contribution in [0.5, 0.6) is 0 Å². The highest BCUT2D eigenvalue weighted by atomic mass is 16.8. The molecule has 3 atom stereocenters. The Morgan fingerprint density at radius 1 is 0.875 bits per heavy atom. The summed E-state index contributed by atoms with van der Waals surface area (Å²) < 4.78 is 5.96. The second-order valence-electron chi connectivity index (χ2n) is 9.72. The highest BCUT2D eigenvalue weighted by Gasteiger charge is 2.59. The molecule has 2 fully saturated rings. The predicted molar refractivity (Wildman–Crippen MR) is 130 cm³/mol. The Bertz CT molecular complexity index is 1030. The normalized spacial score (nSPS) is 23.2. The van der Waals surface area contributed by atoms with Crippen LogP contribution < -0.4 is 4.90 Å². The van der Waals surface area contributed by atoms with Gasteiger partial charge in [-0.2, -0.15) is 5.06 Å². The van der Waals surface area contributed by atoms with Crippen LogP contribution >= 0.6 is 0 Å². The number of rotatable bonds is 9. The minimum absolute atomic E-state index is 0.246. The Labute approximate surface area is 191 Å². The summed E-state index contributed by atoms with van der Waals surface area (Å²) in [5.41, 5.74) is 2.61. The van der Waals surface area contributed by atoms with Gasteiger partial charge < -0.3 is 9.64 Å². The molecule has 4 nitrogen and oxygen atoms in total. The van der Waals surface area contributed by atoms with Gasteiger partial charge in [0.1, 0.15) is 0 Å². The molecular weight excluding hydrogens is 396 g/mol. The van der Waals surface area contributed by atoms with Crippen molar-refractivity contribution < 1.29 is 9.57 Å². The number of hydrogen-bond acceptors (Lipinski definition) is 4. The van der Waals surface area contributed by atoms with E-state index < -0.39 is 0 Å². The fourth-order valence-electron chi connectivity index (χ4n) is 5.05. The molecule has 32 heavy (non-hydrogen) atoms. The number of hydroxylamine groups is 2. The molecule has 0 aromatic heterocycles. The van der Waals surface area contributed by atoms with Gasteiger partial charge in [0.05, 0.1) is 6.61 Å². The van der Waals surface area contributed by atoms with E-state index >= 15 is 0 Å². The quantitative estimate of drug-likeness (QED) is 0.320. The Morgan fingerprint density at radius 3 is 2.28 bits per heavy atom. The number of piperidine rings is 1. The smallest absolute Gasteiger partial charge is 0.174 e. The zero-order chi connectivity index (χ0) is 22.1. The SMILES string of the molecule is CC(C)COC(C)ON(Cc1ccc2ccccc2c1)C1C2CN(c3ccccc3)CC21. The summed E-state index contributed by atoms with van der Waals surface area (Å²) in [6.45, 7) is 10.0. The first-order valence-electron chi connectivity index (χ1n) is 11.9. The van der Waals surface area contributed by atoms with Crippen LogP contribution in [0.4, 0.5) is 5.69 Å². The minimum atomic E-state index is -0.246. The summed E-state index contributed by atoms with van der Waals surface area (Å²) in [6.07, 6.45) is -0.246. The molecule has 0 N–H and O–H groups in total. The van der Waals surface area contributed by atoms with Gasteiger partial charge in [-0.15, -0.1) is 0 Å². The van der Waals surface area contributed by atoms with Gasteiger partial charge in [-0.05, 0) is 47.4 Å². The molecule has 3 aromatic carbocycles. The van der Waals surface area contributed by atoms with Crippen LogP contribution in [-0.2, 0) is 16.1 Å². The molecule has 0 bridgehead atoms. The van der Waals surface area contributed by atoms with Gasteiger partial charge in [-0.3, -0.25) is 4.84 Å². The largest absolute Gasteiger partial charge is 0.371 e. The van der Waals surface area contributed by atoms with Gasteiger partial charge in [-0.1, -0.05) is 68.4 Å². The van der Waals surface area contributed by atoms with E-state index in [-0.39, 0.29) is 6.29 Å². The first-order chi connectivity index (χ1) is 15.6. The van der Waals surface area contributed by atoms with Crippen LogP contribution in [0, 0.1) is 17.8 Å². The summed E-state index contributed by atoms with van der Waals surface area (Å²) in [4.78, 5) is 8.92. The maximum absolute atomic E-state index is 6.41. The number of fused-ring (bicyclic) bond motifs is 2. The molecule has 0 spiro atoms. The number of nitrogens with zero attached hydrogens (tertiary/aromatic N) is 2. The molecule has 1 saturated heterocycles.